The molecular weight excluding hydrogens is 474 g/mol. The number of carbonyl (C=O) groups is 1. The van der Waals surface area contributed by atoms with Crippen LogP contribution in [0, 0.1) is 0 Å². The number of likely N-dealkylation sites (tertiary alicyclic amines) is 1. The molecule has 3 aromatic rings. The molecule has 0 spiro atoms. The second kappa shape index (κ2) is 12.4. The lowest BCUT2D eigenvalue weighted by Crippen LogP contribution is -2.43. The zero-order valence-electron chi connectivity index (χ0n) is 22.6. The fourth-order valence-electron chi connectivity index (χ4n) is 5.62. The number of rotatable bonds is 10. The molecule has 5 rings (SSSR count). The SMILES string of the molecule is CCN(CC)C(=O)c1ccc(N(c2ccccc2)C2CCN(CCCc3ccc4c(c3)OCO4)CC2)cc1. The third-order valence-corrected chi connectivity index (χ3v) is 7.78. The Morgan fingerprint density at radius 3 is 2.26 bits per heavy atom. The number of ether oxygens (including phenoxy) is 2. The zero-order valence-corrected chi connectivity index (χ0v) is 22.6. The molecular formula is C32H39N3O3. The highest BCUT2D eigenvalue weighted by molar-refractivity contribution is 5.94. The molecule has 3 aromatic carbocycles. The molecule has 6 nitrogen and oxygen atoms in total. The van der Waals surface area contributed by atoms with Crippen LogP contribution in [0.2, 0.25) is 0 Å². The van der Waals surface area contributed by atoms with E-state index in [1.165, 1.54) is 11.3 Å². The summed E-state index contributed by atoms with van der Waals surface area (Å²) in [6.45, 7) is 9.11. The topological polar surface area (TPSA) is 45.3 Å². The van der Waals surface area contributed by atoms with Crippen molar-refractivity contribution in [1.29, 1.82) is 0 Å². The number of amides is 1. The summed E-state index contributed by atoms with van der Waals surface area (Å²) < 4.78 is 11.0. The minimum atomic E-state index is 0.0990. The lowest BCUT2D eigenvalue weighted by molar-refractivity contribution is 0.0773. The van der Waals surface area contributed by atoms with Crippen molar-refractivity contribution in [1.82, 2.24) is 9.80 Å². The maximum absolute atomic E-state index is 12.8. The summed E-state index contributed by atoms with van der Waals surface area (Å²) in [4.78, 5) is 19.7. The van der Waals surface area contributed by atoms with Crippen molar-refractivity contribution in [3.8, 4) is 11.5 Å². The molecule has 2 aliphatic rings. The molecule has 0 N–H and O–H groups in total. The van der Waals surface area contributed by atoms with Crippen molar-refractivity contribution in [2.75, 3.05) is 44.4 Å². The van der Waals surface area contributed by atoms with E-state index in [2.05, 4.69) is 64.4 Å². The highest BCUT2D eigenvalue weighted by atomic mass is 16.7. The van der Waals surface area contributed by atoms with Gasteiger partial charge < -0.3 is 24.2 Å². The third kappa shape index (κ3) is 5.97. The van der Waals surface area contributed by atoms with E-state index in [0.29, 0.717) is 12.8 Å². The van der Waals surface area contributed by atoms with Crippen molar-refractivity contribution in [3.63, 3.8) is 0 Å². The molecule has 0 aromatic heterocycles. The van der Waals surface area contributed by atoms with E-state index in [1.54, 1.807) is 0 Å². The van der Waals surface area contributed by atoms with Crippen molar-refractivity contribution >= 4 is 17.3 Å². The zero-order chi connectivity index (χ0) is 26.3. The second-order valence-electron chi connectivity index (χ2n) is 10.1. The summed E-state index contributed by atoms with van der Waals surface area (Å²) in [6.07, 6.45) is 4.40. The van der Waals surface area contributed by atoms with Crippen LogP contribution in [0.15, 0.2) is 72.8 Å². The summed E-state index contributed by atoms with van der Waals surface area (Å²) in [5.74, 6) is 1.82. The van der Waals surface area contributed by atoms with Crippen LogP contribution in [-0.4, -0.2) is 61.3 Å². The first-order chi connectivity index (χ1) is 18.7. The number of hydrogen-bond donors (Lipinski definition) is 0. The molecule has 1 saturated heterocycles. The van der Waals surface area contributed by atoms with Gasteiger partial charge in [0.15, 0.2) is 11.5 Å². The van der Waals surface area contributed by atoms with Gasteiger partial charge in [-0.1, -0.05) is 24.3 Å². The predicted molar refractivity (Wildman–Crippen MR) is 153 cm³/mol. The Bertz CT molecular complexity index is 1190. The maximum atomic E-state index is 12.8. The fraction of sp³-hybridized carbons (Fsp3) is 0.406. The molecule has 1 fully saturated rings. The standard InChI is InChI=1S/C32H39N3O3/c1-3-34(4-2)32(36)26-13-15-28(16-14-26)35(27-10-6-5-7-11-27)29-18-21-33(22-19-29)20-8-9-25-12-17-30-31(23-25)38-24-37-30/h5-7,10-17,23,29H,3-4,8-9,18-22,24H2,1-2H3. The Hall–Kier alpha value is -3.51. The normalized spacial score (nSPS) is 15.4. The van der Waals surface area contributed by atoms with Gasteiger partial charge in [-0.05, 0) is 100 Å². The molecule has 0 radical (unpaired) electrons. The van der Waals surface area contributed by atoms with Crippen molar-refractivity contribution in [2.45, 2.75) is 45.6 Å². The summed E-state index contributed by atoms with van der Waals surface area (Å²) in [6, 6.07) is 25.6. The van der Waals surface area contributed by atoms with Crippen LogP contribution in [0.25, 0.3) is 0 Å². The molecule has 38 heavy (non-hydrogen) atoms. The van der Waals surface area contributed by atoms with E-state index in [4.69, 9.17) is 9.47 Å². The van der Waals surface area contributed by atoms with Gasteiger partial charge in [-0.15, -0.1) is 0 Å². The summed E-state index contributed by atoms with van der Waals surface area (Å²) in [5.41, 5.74) is 4.41. The van der Waals surface area contributed by atoms with Crippen LogP contribution in [0.1, 0.15) is 49.0 Å². The van der Waals surface area contributed by atoms with Crippen molar-refractivity contribution in [2.24, 2.45) is 0 Å². The molecule has 200 valence electrons. The molecule has 2 aliphatic heterocycles. The van der Waals surface area contributed by atoms with Crippen LogP contribution in [-0.2, 0) is 6.42 Å². The van der Waals surface area contributed by atoms with Crippen LogP contribution >= 0.6 is 0 Å². The monoisotopic (exact) mass is 513 g/mol. The summed E-state index contributed by atoms with van der Waals surface area (Å²) >= 11 is 0. The van der Waals surface area contributed by atoms with Crippen LogP contribution in [0.3, 0.4) is 0 Å². The van der Waals surface area contributed by atoms with Crippen LogP contribution < -0.4 is 14.4 Å². The molecule has 0 bridgehead atoms. The number of carbonyl (C=O) groups excluding carboxylic acids is 1. The largest absolute Gasteiger partial charge is 0.454 e. The molecule has 1 amide bonds. The van der Waals surface area contributed by atoms with E-state index in [9.17, 15) is 4.79 Å². The number of fused-ring (bicyclic) bond motifs is 1. The smallest absolute Gasteiger partial charge is 0.253 e. The first-order valence-electron chi connectivity index (χ1n) is 14.0. The lowest BCUT2D eigenvalue weighted by Gasteiger charge is -2.40. The molecule has 6 heteroatoms. The van der Waals surface area contributed by atoms with Gasteiger partial charge in [0.2, 0.25) is 6.79 Å². The Labute approximate surface area is 226 Å². The van der Waals surface area contributed by atoms with E-state index in [-0.39, 0.29) is 5.91 Å². The summed E-state index contributed by atoms with van der Waals surface area (Å²) in [5, 5.41) is 0. The quantitative estimate of drug-likeness (QED) is 0.326. The van der Waals surface area contributed by atoms with E-state index in [0.717, 1.165) is 81.2 Å². The minimum Gasteiger partial charge on any atom is -0.454 e. The van der Waals surface area contributed by atoms with Gasteiger partial charge in [-0.3, -0.25) is 4.79 Å². The molecule has 0 unspecified atom stereocenters. The number of benzene rings is 3. The van der Waals surface area contributed by atoms with Gasteiger partial charge >= 0.3 is 0 Å². The Morgan fingerprint density at radius 2 is 1.55 bits per heavy atom. The Morgan fingerprint density at radius 1 is 0.868 bits per heavy atom. The minimum absolute atomic E-state index is 0.0990. The third-order valence-electron chi connectivity index (χ3n) is 7.78. The highest BCUT2D eigenvalue weighted by Crippen LogP contribution is 2.34. The first-order valence-corrected chi connectivity index (χ1v) is 14.0. The van der Waals surface area contributed by atoms with Gasteiger partial charge in [0, 0.05) is 49.2 Å². The Kier molecular flexibility index (Phi) is 8.49. The average Bonchev–Trinajstić information content (AvgIpc) is 3.44. The maximum Gasteiger partial charge on any atom is 0.253 e. The van der Waals surface area contributed by atoms with Gasteiger partial charge in [0.1, 0.15) is 0 Å². The van der Waals surface area contributed by atoms with Crippen molar-refractivity contribution < 1.29 is 14.3 Å². The van der Waals surface area contributed by atoms with E-state index < -0.39 is 0 Å². The number of aryl methyl sites for hydroxylation is 1. The fourth-order valence-corrected chi connectivity index (χ4v) is 5.62. The van der Waals surface area contributed by atoms with Gasteiger partial charge in [0.05, 0.1) is 0 Å². The number of anilines is 2. The summed E-state index contributed by atoms with van der Waals surface area (Å²) in [7, 11) is 0. The van der Waals surface area contributed by atoms with Crippen LogP contribution in [0.4, 0.5) is 11.4 Å². The highest BCUT2D eigenvalue weighted by Gasteiger charge is 2.26. The number of hydrogen-bond acceptors (Lipinski definition) is 5. The molecule has 2 heterocycles. The first kappa shape index (κ1) is 26.1. The average molecular weight is 514 g/mol. The Balaban J connectivity index is 1.20. The second-order valence-corrected chi connectivity index (χ2v) is 10.1. The van der Waals surface area contributed by atoms with Crippen molar-refractivity contribution in [3.05, 3.63) is 83.9 Å². The predicted octanol–water partition coefficient (Wildman–Crippen LogP) is 6.13. The molecule has 0 aliphatic carbocycles. The van der Waals surface area contributed by atoms with E-state index in [1.807, 2.05) is 36.9 Å². The van der Waals surface area contributed by atoms with Gasteiger partial charge in [0.25, 0.3) is 5.91 Å². The van der Waals surface area contributed by atoms with Gasteiger partial charge in [-0.2, -0.15) is 0 Å². The molecule has 0 atom stereocenters. The lowest BCUT2D eigenvalue weighted by atomic mass is 10.00. The molecule has 0 saturated carbocycles. The van der Waals surface area contributed by atoms with Crippen LogP contribution in [0.5, 0.6) is 11.5 Å². The number of para-hydroxylation sites is 1. The van der Waals surface area contributed by atoms with E-state index >= 15 is 0 Å². The number of piperidine rings is 1. The number of nitrogens with zero attached hydrogens (tertiary/aromatic N) is 3. The van der Waals surface area contributed by atoms with Gasteiger partial charge in [-0.25, -0.2) is 0 Å².